The van der Waals surface area contributed by atoms with Gasteiger partial charge in [0.25, 0.3) is 0 Å². The Bertz CT molecular complexity index is 238. The van der Waals surface area contributed by atoms with Crippen LogP contribution < -0.4 is 0 Å². The van der Waals surface area contributed by atoms with E-state index in [9.17, 15) is 8.78 Å². The van der Waals surface area contributed by atoms with E-state index in [-0.39, 0.29) is 5.56 Å². The van der Waals surface area contributed by atoms with Gasteiger partial charge in [0.05, 0.1) is 11.7 Å². The highest BCUT2D eigenvalue weighted by molar-refractivity contribution is 5.21. The van der Waals surface area contributed by atoms with Crippen molar-refractivity contribution >= 4 is 0 Å². The zero-order valence-corrected chi connectivity index (χ0v) is 6.01. The molecular formula is C8H8F2O. The van der Waals surface area contributed by atoms with Crippen molar-refractivity contribution in [3.8, 4) is 0 Å². The van der Waals surface area contributed by atoms with E-state index in [0.29, 0.717) is 0 Å². The molecule has 0 aliphatic carbocycles. The highest BCUT2D eigenvalue weighted by Crippen LogP contribution is 2.19. The van der Waals surface area contributed by atoms with Gasteiger partial charge in [-0.3, -0.25) is 0 Å². The van der Waals surface area contributed by atoms with Crippen molar-refractivity contribution in [1.29, 1.82) is 0 Å². The normalized spacial score (nSPS) is 13.1. The molecule has 1 N–H and O–H groups in total. The highest BCUT2D eigenvalue weighted by atomic mass is 19.1. The molecule has 0 saturated carbocycles. The molecule has 0 radical (unpaired) electrons. The first-order valence-corrected chi connectivity index (χ1v) is 3.25. The van der Waals surface area contributed by atoms with Crippen molar-refractivity contribution in [2.45, 2.75) is 13.0 Å². The summed E-state index contributed by atoms with van der Waals surface area (Å²) in [4.78, 5) is 0. The molecule has 0 bridgehead atoms. The van der Waals surface area contributed by atoms with E-state index in [4.69, 9.17) is 5.11 Å². The van der Waals surface area contributed by atoms with Crippen molar-refractivity contribution in [3.05, 3.63) is 35.4 Å². The van der Waals surface area contributed by atoms with Crippen LogP contribution in [-0.4, -0.2) is 5.11 Å². The largest absolute Gasteiger partial charge is 0.388 e. The third-order valence-corrected chi connectivity index (χ3v) is 1.42. The molecule has 0 aliphatic heterocycles. The van der Waals surface area contributed by atoms with E-state index in [1.807, 2.05) is 0 Å². The Morgan fingerprint density at radius 2 is 1.73 bits per heavy atom. The second-order valence-corrected chi connectivity index (χ2v) is 2.31. The van der Waals surface area contributed by atoms with Crippen LogP contribution in [0.25, 0.3) is 0 Å². The number of hydrogen-bond donors (Lipinski definition) is 1. The fraction of sp³-hybridized carbons (Fsp3) is 0.250. The van der Waals surface area contributed by atoms with Crippen LogP contribution in [0.5, 0.6) is 0 Å². The molecule has 0 spiro atoms. The lowest BCUT2D eigenvalue weighted by Crippen LogP contribution is -1.99. The van der Waals surface area contributed by atoms with Crippen molar-refractivity contribution in [2.75, 3.05) is 0 Å². The summed E-state index contributed by atoms with van der Waals surface area (Å²) < 4.78 is 25.4. The third-order valence-electron chi connectivity index (χ3n) is 1.42. The molecule has 1 aromatic rings. The van der Waals surface area contributed by atoms with E-state index in [1.54, 1.807) is 0 Å². The lowest BCUT2D eigenvalue weighted by Gasteiger charge is -2.06. The Morgan fingerprint density at radius 3 is 2.00 bits per heavy atom. The van der Waals surface area contributed by atoms with Gasteiger partial charge in [0.1, 0.15) is 11.6 Å². The van der Waals surface area contributed by atoms with Crippen LogP contribution in [0.15, 0.2) is 18.2 Å². The molecule has 0 amide bonds. The molecule has 60 valence electrons. The summed E-state index contributed by atoms with van der Waals surface area (Å²) in [5.74, 6) is -1.42. The molecule has 3 heteroatoms. The molecule has 11 heavy (non-hydrogen) atoms. The van der Waals surface area contributed by atoms with Gasteiger partial charge in [0.15, 0.2) is 0 Å². The topological polar surface area (TPSA) is 20.2 Å². The smallest absolute Gasteiger partial charge is 0.131 e. The molecule has 0 aliphatic rings. The van der Waals surface area contributed by atoms with Crippen molar-refractivity contribution in [2.24, 2.45) is 0 Å². The van der Waals surface area contributed by atoms with Crippen LogP contribution in [0, 0.1) is 11.6 Å². The van der Waals surface area contributed by atoms with Gasteiger partial charge in [-0.25, -0.2) is 8.78 Å². The van der Waals surface area contributed by atoms with Crippen LogP contribution in [-0.2, 0) is 0 Å². The SMILES string of the molecule is C[C@H](O)c1c(F)cccc1F. The maximum atomic E-state index is 12.7. The Kier molecular flexibility index (Phi) is 2.19. The number of hydrogen-bond acceptors (Lipinski definition) is 1. The van der Waals surface area contributed by atoms with Crippen LogP contribution in [0.4, 0.5) is 8.78 Å². The van der Waals surface area contributed by atoms with E-state index in [0.717, 1.165) is 12.1 Å². The molecule has 1 nitrogen and oxygen atoms in total. The molecule has 0 saturated heterocycles. The van der Waals surface area contributed by atoms with E-state index < -0.39 is 17.7 Å². The van der Waals surface area contributed by atoms with Crippen LogP contribution in [0.3, 0.4) is 0 Å². The maximum absolute atomic E-state index is 12.7. The first kappa shape index (κ1) is 8.14. The zero-order chi connectivity index (χ0) is 8.43. The Hall–Kier alpha value is -0.960. The minimum absolute atomic E-state index is 0.271. The monoisotopic (exact) mass is 158 g/mol. The molecule has 0 aromatic heterocycles. The predicted octanol–water partition coefficient (Wildman–Crippen LogP) is 2.02. The maximum Gasteiger partial charge on any atom is 0.131 e. The number of rotatable bonds is 1. The highest BCUT2D eigenvalue weighted by Gasteiger charge is 2.12. The summed E-state index contributed by atoms with van der Waals surface area (Å²) in [6.07, 6.45) is -1.10. The number of aliphatic hydroxyl groups excluding tert-OH is 1. The zero-order valence-electron chi connectivity index (χ0n) is 6.01. The second-order valence-electron chi connectivity index (χ2n) is 2.31. The first-order valence-electron chi connectivity index (χ1n) is 3.25. The van der Waals surface area contributed by atoms with Gasteiger partial charge in [0.2, 0.25) is 0 Å². The minimum Gasteiger partial charge on any atom is -0.388 e. The number of aliphatic hydroxyl groups is 1. The van der Waals surface area contributed by atoms with E-state index in [1.165, 1.54) is 13.0 Å². The average Bonchev–Trinajstić information content (AvgIpc) is 1.85. The molecule has 1 atom stereocenters. The lowest BCUT2D eigenvalue weighted by atomic mass is 10.1. The van der Waals surface area contributed by atoms with Gasteiger partial charge in [-0.2, -0.15) is 0 Å². The summed E-state index contributed by atoms with van der Waals surface area (Å²) in [7, 11) is 0. The predicted molar refractivity (Wildman–Crippen MR) is 37.0 cm³/mol. The summed E-state index contributed by atoms with van der Waals surface area (Å²) in [5.41, 5.74) is -0.271. The summed E-state index contributed by atoms with van der Waals surface area (Å²) >= 11 is 0. The van der Waals surface area contributed by atoms with Gasteiger partial charge in [0, 0.05) is 0 Å². The van der Waals surface area contributed by atoms with E-state index >= 15 is 0 Å². The van der Waals surface area contributed by atoms with Gasteiger partial charge in [-0.1, -0.05) is 6.07 Å². The number of halogens is 2. The van der Waals surface area contributed by atoms with Crippen molar-refractivity contribution in [3.63, 3.8) is 0 Å². The lowest BCUT2D eigenvalue weighted by molar-refractivity contribution is 0.188. The first-order chi connectivity index (χ1) is 5.13. The molecule has 0 fully saturated rings. The summed E-state index contributed by atoms with van der Waals surface area (Å²) in [6, 6.07) is 3.49. The van der Waals surface area contributed by atoms with Gasteiger partial charge in [-0.15, -0.1) is 0 Å². The molecular weight excluding hydrogens is 150 g/mol. The number of benzene rings is 1. The van der Waals surface area contributed by atoms with Gasteiger partial charge >= 0.3 is 0 Å². The van der Waals surface area contributed by atoms with Crippen LogP contribution in [0.1, 0.15) is 18.6 Å². The Morgan fingerprint density at radius 1 is 1.27 bits per heavy atom. The van der Waals surface area contributed by atoms with Gasteiger partial charge < -0.3 is 5.11 Å². The molecule has 0 heterocycles. The third kappa shape index (κ3) is 1.54. The van der Waals surface area contributed by atoms with Crippen LogP contribution >= 0.6 is 0 Å². The van der Waals surface area contributed by atoms with Crippen molar-refractivity contribution in [1.82, 2.24) is 0 Å². The average molecular weight is 158 g/mol. The molecule has 0 unspecified atom stereocenters. The van der Waals surface area contributed by atoms with E-state index in [2.05, 4.69) is 0 Å². The van der Waals surface area contributed by atoms with Gasteiger partial charge in [-0.05, 0) is 19.1 Å². The fourth-order valence-electron chi connectivity index (χ4n) is 0.910. The second kappa shape index (κ2) is 2.96. The Balaban J connectivity index is 3.21. The molecule has 1 rings (SSSR count). The molecule has 1 aromatic carbocycles. The fourth-order valence-corrected chi connectivity index (χ4v) is 0.910. The minimum atomic E-state index is -1.10. The van der Waals surface area contributed by atoms with Crippen molar-refractivity contribution < 1.29 is 13.9 Å². The Labute approximate surface area is 63.3 Å². The standard InChI is InChI=1S/C8H8F2O/c1-5(11)8-6(9)3-2-4-7(8)10/h2-5,11H,1H3/t5-/m0/s1. The van der Waals surface area contributed by atoms with Crippen LogP contribution in [0.2, 0.25) is 0 Å². The summed E-state index contributed by atoms with van der Waals surface area (Å²) in [5, 5.41) is 8.91. The summed E-state index contributed by atoms with van der Waals surface area (Å²) in [6.45, 7) is 1.32. The quantitative estimate of drug-likeness (QED) is 0.662.